The summed E-state index contributed by atoms with van der Waals surface area (Å²) in [5.74, 6) is -3.76. The molecule has 1 heterocycles. The summed E-state index contributed by atoms with van der Waals surface area (Å²) in [6.45, 7) is 0. The van der Waals surface area contributed by atoms with Gasteiger partial charge in [-0.25, -0.2) is 8.78 Å². The van der Waals surface area contributed by atoms with Gasteiger partial charge >= 0.3 is 16.7 Å². The van der Waals surface area contributed by atoms with E-state index in [4.69, 9.17) is 0 Å². The largest absolute Gasteiger partial charge is 0.501 e. The molecule has 0 aliphatic rings. The standard InChI is InChI=1S/C10H4F2N2O5/c11-3-1-4(12)6-5(2-3)13-10(17)9(16)7(8(6)15)14(18)19/h1-2,15H,(H,13,16,17). The monoisotopic (exact) mass is 270 g/mol. The third kappa shape index (κ3) is 1.90. The number of aromatic hydroxyl groups is 1. The highest BCUT2D eigenvalue weighted by Gasteiger charge is 2.24. The van der Waals surface area contributed by atoms with E-state index in [1.165, 1.54) is 0 Å². The highest BCUT2D eigenvalue weighted by Crippen LogP contribution is 2.30. The summed E-state index contributed by atoms with van der Waals surface area (Å²) in [4.78, 5) is 33.8. The average Bonchev–Trinajstić information content (AvgIpc) is 2.34. The molecule has 0 amide bonds. The number of H-pyrrole nitrogens is 1. The fourth-order valence-electron chi connectivity index (χ4n) is 1.59. The lowest BCUT2D eigenvalue weighted by Crippen LogP contribution is -2.25. The number of fused-ring (bicyclic) bond motifs is 1. The van der Waals surface area contributed by atoms with Gasteiger partial charge in [0, 0.05) is 6.07 Å². The van der Waals surface area contributed by atoms with Crippen LogP contribution in [0.3, 0.4) is 0 Å². The van der Waals surface area contributed by atoms with Gasteiger partial charge in [0.1, 0.15) is 11.6 Å². The van der Waals surface area contributed by atoms with Crippen molar-refractivity contribution in [1.82, 2.24) is 4.98 Å². The van der Waals surface area contributed by atoms with Gasteiger partial charge in [0.05, 0.1) is 15.8 Å². The molecular formula is C10H4F2N2O5. The first-order valence-electron chi connectivity index (χ1n) is 4.75. The quantitative estimate of drug-likeness (QED) is 0.451. The van der Waals surface area contributed by atoms with Gasteiger partial charge in [0.25, 0.3) is 0 Å². The predicted octanol–water partition coefficient (Wildman–Crippen LogP) is 0.780. The smallest absolute Gasteiger partial charge is 0.364 e. The van der Waals surface area contributed by atoms with Gasteiger partial charge in [-0.2, -0.15) is 0 Å². The van der Waals surface area contributed by atoms with Gasteiger partial charge < -0.3 is 10.1 Å². The minimum Gasteiger partial charge on any atom is -0.501 e. The third-order valence-electron chi connectivity index (χ3n) is 2.37. The van der Waals surface area contributed by atoms with E-state index in [9.17, 15) is 33.6 Å². The first kappa shape index (κ1) is 12.6. The molecule has 2 N–H and O–H groups in total. The van der Waals surface area contributed by atoms with E-state index in [1.54, 1.807) is 4.98 Å². The molecule has 0 fully saturated rings. The van der Waals surface area contributed by atoms with Crippen molar-refractivity contribution in [2.75, 3.05) is 0 Å². The van der Waals surface area contributed by atoms with Crippen LogP contribution in [0.2, 0.25) is 0 Å². The second-order valence-corrected chi connectivity index (χ2v) is 3.55. The van der Waals surface area contributed by atoms with Gasteiger partial charge in [-0.05, 0) is 6.07 Å². The van der Waals surface area contributed by atoms with Crippen LogP contribution >= 0.6 is 0 Å². The number of aromatic nitrogens is 1. The molecule has 19 heavy (non-hydrogen) atoms. The Hall–Kier alpha value is -2.84. The molecule has 0 atom stereocenters. The molecule has 1 aromatic heterocycles. The molecule has 0 saturated carbocycles. The fourth-order valence-corrected chi connectivity index (χ4v) is 1.59. The Bertz CT molecular complexity index is 831. The van der Waals surface area contributed by atoms with Crippen LogP contribution in [0.5, 0.6) is 5.75 Å². The molecule has 98 valence electrons. The second kappa shape index (κ2) is 4.12. The van der Waals surface area contributed by atoms with Gasteiger partial charge in [0.15, 0.2) is 0 Å². The molecule has 9 heteroatoms. The normalized spacial score (nSPS) is 10.6. The Balaban J connectivity index is 3.23. The van der Waals surface area contributed by atoms with Gasteiger partial charge in [-0.3, -0.25) is 19.7 Å². The van der Waals surface area contributed by atoms with Crippen molar-refractivity contribution in [1.29, 1.82) is 0 Å². The Morgan fingerprint density at radius 2 is 1.89 bits per heavy atom. The Morgan fingerprint density at radius 1 is 1.26 bits per heavy atom. The maximum atomic E-state index is 13.5. The molecule has 7 nitrogen and oxygen atoms in total. The number of nitrogens with zero attached hydrogens (tertiary/aromatic N) is 1. The summed E-state index contributed by atoms with van der Waals surface area (Å²) < 4.78 is 26.5. The van der Waals surface area contributed by atoms with Crippen LogP contribution in [0, 0.1) is 21.7 Å². The summed E-state index contributed by atoms with van der Waals surface area (Å²) in [6.07, 6.45) is 0. The van der Waals surface area contributed by atoms with E-state index in [-0.39, 0.29) is 0 Å². The number of halogens is 2. The predicted molar refractivity (Wildman–Crippen MR) is 59.1 cm³/mol. The van der Waals surface area contributed by atoms with E-state index >= 15 is 0 Å². The van der Waals surface area contributed by atoms with E-state index in [0.29, 0.717) is 12.1 Å². The molecule has 2 rings (SSSR count). The fraction of sp³-hybridized carbons (Fsp3) is 0. The minimum absolute atomic E-state index is 0.356. The summed E-state index contributed by atoms with van der Waals surface area (Å²) in [7, 11) is 0. The number of benzene rings is 1. The zero-order chi connectivity index (χ0) is 14.3. The third-order valence-corrected chi connectivity index (χ3v) is 2.37. The summed E-state index contributed by atoms with van der Waals surface area (Å²) >= 11 is 0. The molecule has 0 spiro atoms. The molecule has 0 bridgehead atoms. The van der Waals surface area contributed by atoms with Crippen LogP contribution in [0.15, 0.2) is 21.7 Å². The number of rotatable bonds is 1. The molecule has 0 unspecified atom stereocenters. The maximum Gasteiger partial charge on any atom is 0.364 e. The van der Waals surface area contributed by atoms with Crippen molar-refractivity contribution < 1.29 is 18.8 Å². The van der Waals surface area contributed by atoms with E-state index in [0.717, 1.165) is 0 Å². The van der Waals surface area contributed by atoms with Crippen LogP contribution in [-0.2, 0) is 0 Å². The first-order chi connectivity index (χ1) is 8.82. The molecule has 1 aromatic carbocycles. The number of nitro groups is 1. The van der Waals surface area contributed by atoms with Crippen molar-refractivity contribution in [3.8, 4) is 5.75 Å². The number of aromatic amines is 1. The van der Waals surface area contributed by atoms with E-state index in [1.807, 2.05) is 0 Å². The number of nitrogens with one attached hydrogen (secondary N) is 1. The van der Waals surface area contributed by atoms with E-state index in [2.05, 4.69) is 0 Å². The highest BCUT2D eigenvalue weighted by molar-refractivity contribution is 5.87. The Kier molecular flexibility index (Phi) is 2.74. The molecule has 0 radical (unpaired) electrons. The van der Waals surface area contributed by atoms with Crippen molar-refractivity contribution in [2.24, 2.45) is 0 Å². The lowest BCUT2D eigenvalue weighted by molar-refractivity contribution is -0.386. The topological polar surface area (TPSA) is 113 Å². The summed E-state index contributed by atoms with van der Waals surface area (Å²) in [5.41, 5.74) is -5.16. The molecule has 0 saturated heterocycles. The maximum absolute atomic E-state index is 13.5. The summed E-state index contributed by atoms with van der Waals surface area (Å²) in [5, 5.41) is 19.4. The first-order valence-corrected chi connectivity index (χ1v) is 4.75. The molecule has 0 aliphatic carbocycles. The Labute approximate surface area is 101 Å². The lowest BCUT2D eigenvalue weighted by Gasteiger charge is -1.98. The molecular weight excluding hydrogens is 266 g/mol. The zero-order valence-corrected chi connectivity index (χ0v) is 8.94. The minimum atomic E-state index is -1.65. The van der Waals surface area contributed by atoms with Crippen molar-refractivity contribution in [3.05, 3.63) is 54.5 Å². The number of hydrogen-bond acceptors (Lipinski definition) is 5. The SMILES string of the molecule is O=c1[nH]c2cc(F)cc(F)c2c(O)c([N+](=O)[O-])c1=O. The van der Waals surface area contributed by atoms with Crippen LogP contribution < -0.4 is 11.0 Å². The lowest BCUT2D eigenvalue weighted by atomic mass is 10.2. The van der Waals surface area contributed by atoms with Gasteiger partial charge in [-0.1, -0.05) is 0 Å². The second-order valence-electron chi connectivity index (χ2n) is 3.55. The highest BCUT2D eigenvalue weighted by atomic mass is 19.1. The summed E-state index contributed by atoms with van der Waals surface area (Å²) in [6, 6.07) is 0.983. The van der Waals surface area contributed by atoms with Crippen LogP contribution in [0.25, 0.3) is 10.9 Å². The molecule has 2 aromatic rings. The molecule has 0 aliphatic heterocycles. The van der Waals surface area contributed by atoms with Crippen LogP contribution in [-0.4, -0.2) is 15.0 Å². The van der Waals surface area contributed by atoms with E-state index < -0.39 is 49.9 Å². The number of hydrogen-bond donors (Lipinski definition) is 2. The van der Waals surface area contributed by atoms with Gasteiger partial charge in [0.2, 0.25) is 5.75 Å². The van der Waals surface area contributed by atoms with Crippen molar-refractivity contribution in [2.45, 2.75) is 0 Å². The van der Waals surface area contributed by atoms with Gasteiger partial charge in [-0.15, -0.1) is 0 Å². The van der Waals surface area contributed by atoms with Crippen LogP contribution in [0.4, 0.5) is 14.5 Å². The van der Waals surface area contributed by atoms with Crippen LogP contribution in [0.1, 0.15) is 0 Å². The average molecular weight is 270 g/mol. The zero-order valence-electron chi connectivity index (χ0n) is 8.94. The van der Waals surface area contributed by atoms with Crippen molar-refractivity contribution in [3.63, 3.8) is 0 Å². The van der Waals surface area contributed by atoms with Crippen molar-refractivity contribution >= 4 is 16.6 Å². The Morgan fingerprint density at radius 3 is 2.47 bits per heavy atom.